The van der Waals surface area contributed by atoms with Gasteiger partial charge in [0.25, 0.3) is 0 Å². The van der Waals surface area contributed by atoms with Crippen LogP contribution in [0.25, 0.3) is 22.2 Å². The Balaban J connectivity index is 1.53. The van der Waals surface area contributed by atoms with Gasteiger partial charge in [0, 0.05) is 17.0 Å². The molecule has 6 heteroatoms. The monoisotopic (exact) mass is 351 g/mol. The van der Waals surface area contributed by atoms with Crippen molar-refractivity contribution in [3.05, 3.63) is 58.3 Å². The van der Waals surface area contributed by atoms with Gasteiger partial charge in [-0.2, -0.15) is 5.10 Å². The van der Waals surface area contributed by atoms with Crippen molar-refractivity contribution in [3.8, 4) is 11.3 Å². The highest BCUT2D eigenvalue weighted by Gasteiger charge is 2.11. The predicted molar refractivity (Wildman–Crippen MR) is 102 cm³/mol. The molecule has 3 aromatic rings. The van der Waals surface area contributed by atoms with Crippen LogP contribution in [0.1, 0.15) is 19.3 Å². The number of benzene rings is 1. The fraction of sp³-hybridized carbons (Fsp3) is 0.211. The molecule has 0 bridgehead atoms. The summed E-state index contributed by atoms with van der Waals surface area (Å²) in [6, 6.07) is 9.27. The largest absolute Gasteiger partial charge is 0.422 e. The second-order valence-electron chi connectivity index (χ2n) is 5.96. The van der Waals surface area contributed by atoms with Crippen LogP contribution in [0.2, 0.25) is 0 Å². The Morgan fingerprint density at radius 1 is 1.32 bits per heavy atom. The first-order chi connectivity index (χ1) is 12.3. The normalized spacial score (nSPS) is 17.4. The van der Waals surface area contributed by atoms with E-state index in [0.717, 1.165) is 24.6 Å². The van der Waals surface area contributed by atoms with Gasteiger partial charge >= 0.3 is 5.63 Å². The Morgan fingerprint density at radius 3 is 3.12 bits per heavy atom. The minimum absolute atomic E-state index is 0.381. The van der Waals surface area contributed by atoms with Crippen molar-refractivity contribution in [3.63, 3.8) is 0 Å². The molecule has 0 spiro atoms. The SMILES string of the molecule is O=c1oc2ccccc2cc1-c1csc(N/N=C\C2CC=CCC2)n1. The Bertz CT molecular complexity index is 1000. The number of anilines is 1. The van der Waals surface area contributed by atoms with Gasteiger partial charge in [-0.1, -0.05) is 30.4 Å². The molecule has 0 fully saturated rings. The van der Waals surface area contributed by atoms with Crippen molar-refractivity contribution in [1.29, 1.82) is 0 Å². The third-order valence-electron chi connectivity index (χ3n) is 4.18. The van der Waals surface area contributed by atoms with Gasteiger partial charge in [-0.3, -0.25) is 5.43 Å². The van der Waals surface area contributed by atoms with Gasteiger partial charge in [-0.05, 0) is 37.3 Å². The zero-order chi connectivity index (χ0) is 17.1. The smallest absolute Gasteiger partial charge is 0.345 e. The molecule has 0 saturated heterocycles. The molecular formula is C19H17N3O2S. The molecule has 1 aromatic carbocycles. The van der Waals surface area contributed by atoms with Crippen LogP contribution in [0.4, 0.5) is 5.13 Å². The van der Waals surface area contributed by atoms with Crippen LogP contribution in [0.5, 0.6) is 0 Å². The lowest BCUT2D eigenvalue weighted by Crippen LogP contribution is -2.05. The maximum absolute atomic E-state index is 12.2. The molecular weight excluding hydrogens is 334 g/mol. The lowest BCUT2D eigenvalue weighted by molar-refractivity contribution is 0.563. The predicted octanol–water partition coefficient (Wildman–Crippen LogP) is 4.67. The van der Waals surface area contributed by atoms with E-state index in [4.69, 9.17) is 4.42 Å². The summed E-state index contributed by atoms with van der Waals surface area (Å²) in [5.74, 6) is 0.476. The standard InChI is InChI=1S/C19H17N3O2S/c23-18-15(10-14-8-4-5-9-17(14)24-18)16-12-25-19(21-16)22-20-11-13-6-2-1-3-7-13/h1-2,4-5,8-13H,3,6-7H2,(H,21,22)/b20-11-. The summed E-state index contributed by atoms with van der Waals surface area (Å²) in [6.07, 6.45) is 9.61. The zero-order valence-corrected chi connectivity index (χ0v) is 14.3. The number of fused-ring (bicyclic) bond motifs is 1. The first-order valence-corrected chi connectivity index (χ1v) is 9.10. The molecule has 25 heavy (non-hydrogen) atoms. The van der Waals surface area contributed by atoms with Crippen LogP contribution in [0.15, 0.2) is 62.2 Å². The van der Waals surface area contributed by atoms with Gasteiger partial charge in [-0.15, -0.1) is 11.3 Å². The number of hydrogen-bond acceptors (Lipinski definition) is 6. The van der Waals surface area contributed by atoms with Crippen molar-refractivity contribution in [2.45, 2.75) is 19.3 Å². The lowest BCUT2D eigenvalue weighted by atomic mass is 9.96. The van der Waals surface area contributed by atoms with Gasteiger partial charge in [0.15, 0.2) is 0 Å². The number of thiazole rings is 1. The van der Waals surface area contributed by atoms with E-state index in [1.165, 1.54) is 11.3 Å². The van der Waals surface area contributed by atoms with E-state index in [-0.39, 0.29) is 5.63 Å². The fourth-order valence-electron chi connectivity index (χ4n) is 2.84. The number of allylic oxidation sites excluding steroid dienone is 2. The summed E-state index contributed by atoms with van der Waals surface area (Å²) in [4.78, 5) is 16.7. The minimum atomic E-state index is -0.381. The zero-order valence-electron chi connectivity index (χ0n) is 13.5. The Kier molecular flexibility index (Phi) is 4.43. The number of rotatable bonds is 4. The number of aromatic nitrogens is 1. The van der Waals surface area contributed by atoms with Gasteiger partial charge in [0.1, 0.15) is 5.58 Å². The van der Waals surface area contributed by atoms with E-state index in [1.807, 2.05) is 35.9 Å². The summed E-state index contributed by atoms with van der Waals surface area (Å²) in [6.45, 7) is 0. The van der Waals surface area contributed by atoms with Crippen LogP contribution >= 0.6 is 11.3 Å². The Hall–Kier alpha value is -2.73. The van der Waals surface area contributed by atoms with E-state index in [1.54, 1.807) is 6.07 Å². The molecule has 0 amide bonds. The molecule has 1 atom stereocenters. The molecule has 4 rings (SSSR count). The molecule has 126 valence electrons. The molecule has 5 nitrogen and oxygen atoms in total. The summed E-state index contributed by atoms with van der Waals surface area (Å²) in [7, 11) is 0. The maximum Gasteiger partial charge on any atom is 0.345 e. The summed E-state index contributed by atoms with van der Waals surface area (Å²) in [5.41, 5.74) is 4.22. The summed E-state index contributed by atoms with van der Waals surface area (Å²) in [5, 5.41) is 7.65. The second kappa shape index (κ2) is 7.03. The highest BCUT2D eigenvalue weighted by atomic mass is 32.1. The Labute approximate surface area is 148 Å². The number of para-hydroxylation sites is 1. The molecule has 1 aliphatic carbocycles. The van der Waals surface area contributed by atoms with Crippen molar-refractivity contribution >= 4 is 33.7 Å². The number of nitrogens with one attached hydrogen (secondary N) is 1. The van der Waals surface area contributed by atoms with Gasteiger partial charge in [-0.25, -0.2) is 9.78 Å². The van der Waals surface area contributed by atoms with Crippen LogP contribution in [-0.4, -0.2) is 11.2 Å². The van der Waals surface area contributed by atoms with Gasteiger partial charge < -0.3 is 4.42 Å². The molecule has 0 aliphatic heterocycles. The quantitative estimate of drug-likeness (QED) is 0.321. The minimum Gasteiger partial charge on any atom is -0.422 e. The van der Waals surface area contributed by atoms with Crippen molar-refractivity contribution in [1.82, 2.24) is 4.98 Å². The highest BCUT2D eigenvalue weighted by molar-refractivity contribution is 7.14. The Morgan fingerprint density at radius 2 is 2.24 bits per heavy atom. The molecule has 0 radical (unpaired) electrons. The first-order valence-electron chi connectivity index (χ1n) is 8.22. The van der Waals surface area contributed by atoms with E-state index >= 15 is 0 Å². The maximum atomic E-state index is 12.2. The average Bonchev–Trinajstić information content (AvgIpc) is 3.11. The highest BCUT2D eigenvalue weighted by Crippen LogP contribution is 2.25. The van der Waals surface area contributed by atoms with E-state index in [9.17, 15) is 4.79 Å². The average molecular weight is 351 g/mol. The topological polar surface area (TPSA) is 67.5 Å². The van der Waals surface area contributed by atoms with Crippen molar-refractivity contribution < 1.29 is 4.42 Å². The van der Waals surface area contributed by atoms with Gasteiger partial charge in [0.05, 0.1) is 11.3 Å². The second-order valence-corrected chi connectivity index (χ2v) is 6.82. The van der Waals surface area contributed by atoms with Crippen molar-refractivity contribution in [2.24, 2.45) is 11.0 Å². The van der Waals surface area contributed by atoms with Crippen LogP contribution in [-0.2, 0) is 0 Å². The van der Waals surface area contributed by atoms with E-state index < -0.39 is 0 Å². The third kappa shape index (κ3) is 3.53. The fourth-order valence-corrected chi connectivity index (χ4v) is 3.50. The van der Waals surface area contributed by atoms with Crippen molar-refractivity contribution in [2.75, 3.05) is 5.43 Å². The first kappa shape index (κ1) is 15.8. The van der Waals surface area contributed by atoms with E-state index in [2.05, 4.69) is 27.7 Å². The molecule has 2 heterocycles. The van der Waals surface area contributed by atoms with Gasteiger partial charge in [0.2, 0.25) is 5.13 Å². The molecule has 1 aliphatic rings. The third-order valence-corrected chi connectivity index (χ3v) is 4.92. The van der Waals surface area contributed by atoms with Crippen LogP contribution < -0.4 is 11.1 Å². The van der Waals surface area contributed by atoms with Crippen LogP contribution in [0, 0.1) is 5.92 Å². The summed E-state index contributed by atoms with van der Waals surface area (Å²) >= 11 is 1.41. The lowest BCUT2D eigenvalue weighted by Gasteiger charge is -2.11. The van der Waals surface area contributed by atoms with Crippen LogP contribution in [0.3, 0.4) is 0 Å². The number of nitrogens with zero attached hydrogens (tertiary/aromatic N) is 2. The summed E-state index contributed by atoms with van der Waals surface area (Å²) < 4.78 is 5.37. The molecule has 0 saturated carbocycles. The molecule has 1 N–H and O–H groups in total. The molecule has 1 unspecified atom stereocenters. The number of hydrogen-bond donors (Lipinski definition) is 1. The molecule has 2 aromatic heterocycles. The number of hydrazone groups is 1. The van der Waals surface area contributed by atoms with E-state index in [0.29, 0.717) is 27.9 Å².